The van der Waals surface area contributed by atoms with E-state index in [0.29, 0.717) is 0 Å². The largest absolute Gasteiger partial charge is 0.497 e. The van der Waals surface area contributed by atoms with Crippen LogP contribution >= 0.6 is 0 Å². The van der Waals surface area contributed by atoms with Crippen LogP contribution in [0.15, 0.2) is 36.4 Å². The van der Waals surface area contributed by atoms with Gasteiger partial charge in [-0.2, -0.15) is 0 Å². The lowest BCUT2D eigenvalue weighted by Crippen LogP contribution is -2.36. The van der Waals surface area contributed by atoms with E-state index in [-0.39, 0.29) is 11.2 Å². The summed E-state index contributed by atoms with van der Waals surface area (Å²) in [6.45, 7) is 0. The lowest BCUT2D eigenvalue weighted by molar-refractivity contribution is 0.0770. The van der Waals surface area contributed by atoms with Crippen molar-refractivity contribution >= 4 is 5.78 Å². The molecular formula is C20H20O3. The number of ketones is 1. The Kier molecular flexibility index (Phi) is 3.19. The first-order chi connectivity index (χ1) is 11.1. The predicted molar refractivity (Wildman–Crippen MR) is 88.5 cm³/mol. The molecule has 2 aromatic carbocycles. The molecule has 0 N–H and O–H groups in total. The molecule has 0 bridgehead atoms. The van der Waals surface area contributed by atoms with Gasteiger partial charge in [-0.1, -0.05) is 12.1 Å². The van der Waals surface area contributed by atoms with Crippen LogP contribution < -0.4 is 9.47 Å². The summed E-state index contributed by atoms with van der Waals surface area (Å²) in [7, 11) is 3.32. The molecule has 0 saturated heterocycles. The molecule has 4 rings (SSSR count). The normalized spacial score (nSPS) is 21.9. The number of aryl methyl sites for hydroxylation is 1. The van der Waals surface area contributed by atoms with Gasteiger partial charge in [0.05, 0.1) is 14.2 Å². The second kappa shape index (κ2) is 5.12. The van der Waals surface area contributed by atoms with Crippen molar-refractivity contribution in [3.8, 4) is 11.5 Å². The minimum atomic E-state index is -0.284. The molecule has 23 heavy (non-hydrogen) atoms. The third-order valence-corrected chi connectivity index (χ3v) is 5.39. The highest BCUT2D eigenvalue weighted by Crippen LogP contribution is 2.47. The molecule has 2 aromatic rings. The highest BCUT2D eigenvalue weighted by atomic mass is 16.5. The smallest absolute Gasteiger partial charge is 0.170 e. The predicted octanol–water partition coefficient (Wildman–Crippen LogP) is 3.62. The molecule has 0 radical (unpaired) electrons. The maximum atomic E-state index is 13.2. The monoisotopic (exact) mass is 308 g/mol. The van der Waals surface area contributed by atoms with Crippen molar-refractivity contribution in [1.29, 1.82) is 0 Å². The van der Waals surface area contributed by atoms with Crippen LogP contribution in [0.1, 0.15) is 33.5 Å². The van der Waals surface area contributed by atoms with Gasteiger partial charge in [0.25, 0.3) is 0 Å². The fraction of sp³-hybridized carbons (Fsp3) is 0.350. The third kappa shape index (κ3) is 2.14. The van der Waals surface area contributed by atoms with Crippen LogP contribution in [-0.2, 0) is 19.3 Å². The van der Waals surface area contributed by atoms with Crippen LogP contribution in [0.25, 0.3) is 0 Å². The Labute approximate surface area is 136 Å². The van der Waals surface area contributed by atoms with Crippen LogP contribution in [0.5, 0.6) is 11.5 Å². The van der Waals surface area contributed by atoms with Crippen LogP contribution in [-0.4, -0.2) is 20.0 Å². The Hall–Kier alpha value is -2.29. The molecule has 0 saturated carbocycles. The number of hydrogen-bond acceptors (Lipinski definition) is 3. The van der Waals surface area contributed by atoms with E-state index in [1.165, 1.54) is 11.1 Å². The standard InChI is InChI=1S/C20H20O3/c1-22-16-6-4-14-11-20(12-15(14)9-16)8-7-13-3-5-17(23-2)10-18(13)19(20)21/h3-6,9-10H,7-8,11-12H2,1-2H3. The van der Waals surface area contributed by atoms with Gasteiger partial charge < -0.3 is 9.47 Å². The van der Waals surface area contributed by atoms with Gasteiger partial charge in [-0.25, -0.2) is 0 Å². The van der Waals surface area contributed by atoms with E-state index in [9.17, 15) is 4.79 Å². The number of methoxy groups -OCH3 is 2. The molecule has 0 aromatic heterocycles. The van der Waals surface area contributed by atoms with Crippen molar-refractivity contribution in [3.63, 3.8) is 0 Å². The highest BCUT2D eigenvalue weighted by molar-refractivity contribution is 6.04. The van der Waals surface area contributed by atoms with E-state index in [0.717, 1.165) is 48.3 Å². The zero-order valence-corrected chi connectivity index (χ0v) is 13.5. The fourth-order valence-electron chi connectivity index (χ4n) is 4.08. The summed E-state index contributed by atoms with van der Waals surface area (Å²) in [6, 6.07) is 12.1. The SMILES string of the molecule is COc1ccc2c(c1)CC1(CCc3ccc(OC)cc3C1=O)C2. The molecule has 2 aliphatic rings. The Balaban J connectivity index is 1.72. The summed E-state index contributed by atoms with van der Waals surface area (Å²) < 4.78 is 10.6. The van der Waals surface area contributed by atoms with E-state index < -0.39 is 0 Å². The van der Waals surface area contributed by atoms with Crippen molar-refractivity contribution < 1.29 is 14.3 Å². The van der Waals surface area contributed by atoms with E-state index in [1.54, 1.807) is 14.2 Å². The van der Waals surface area contributed by atoms with Crippen molar-refractivity contribution in [1.82, 2.24) is 0 Å². The summed E-state index contributed by atoms with van der Waals surface area (Å²) in [5.41, 5.74) is 4.24. The van der Waals surface area contributed by atoms with Gasteiger partial charge in [0.15, 0.2) is 5.78 Å². The average molecular weight is 308 g/mol. The Morgan fingerprint density at radius 1 is 0.870 bits per heavy atom. The van der Waals surface area contributed by atoms with Gasteiger partial charge in [-0.3, -0.25) is 4.79 Å². The Morgan fingerprint density at radius 2 is 1.52 bits per heavy atom. The maximum Gasteiger partial charge on any atom is 0.170 e. The summed E-state index contributed by atoms with van der Waals surface area (Å²) in [5.74, 6) is 1.89. The maximum absolute atomic E-state index is 13.2. The van der Waals surface area contributed by atoms with Crippen molar-refractivity contribution in [2.24, 2.45) is 5.41 Å². The van der Waals surface area contributed by atoms with Gasteiger partial charge in [0.2, 0.25) is 0 Å². The number of ether oxygens (including phenoxy) is 2. The topological polar surface area (TPSA) is 35.5 Å². The Bertz CT molecular complexity index is 793. The minimum absolute atomic E-state index is 0.271. The van der Waals surface area contributed by atoms with Crippen molar-refractivity contribution in [2.75, 3.05) is 14.2 Å². The zero-order valence-electron chi connectivity index (χ0n) is 13.5. The fourth-order valence-corrected chi connectivity index (χ4v) is 4.08. The molecular weight excluding hydrogens is 288 g/mol. The molecule has 3 nitrogen and oxygen atoms in total. The second-order valence-electron chi connectivity index (χ2n) is 6.62. The summed E-state index contributed by atoms with van der Waals surface area (Å²) >= 11 is 0. The lowest BCUT2D eigenvalue weighted by Gasteiger charge is -2.33. The van der Waals surface area contributed by atoms with Crippen LogP contribution in [0.4, 0.5) is 0 Å². The van der Waals surface area contributed by atoms with E-state index in [2.05, 4.69) is 12.1 Å². The molecule has 1 unspecified atom stereocenters. The number of carbonyl (C=O) groups is 1. The Morgan fingerprint density at radius 3 is 2.26 bits per heavy atom. The van der Waals surface area contributed by atoms with Crippen LogP contribution in [0, 0.1) is 5.41 Å². The van der Waals surface area contributed by atoms with E-state index in [1.807, 2.05) is 24.3 Å². The van der Waals surface area contributed by atoms with Gasteiger partial charge >= 0.3 is 0 Å². The first-order valence-electron chi connectivity index (χ1n) is 8.03. The summed E-state index contributed by atoms with van der Waals surface area (Å²) in [6.07, 6.45) is 3.52. The molecule has 0 heterocycles. The van der Waals surface area contributed by atoms with Crippen molar-refractivity contribution in [2.45, 2.75) is 25.7 Å². The molecule has 3 heteroatoms. The first-order valence-corrected chi connectivity index (χ1v) is 8.03. The number of fused-ring (bicyclic) bond motifs is 2. The molecule has 0 amide bonds. The van der Waals surface area contributed by atoms with Crippen LogP contribution in [0.3, 0.4) is 0 Å². The lowest BCUT2D eigenvalue weighted by atomic mass is 9.68. The molecule has 0 fully saturated rings. The molecule has 118 valence electrons. The minimum Gasteiger partial charge on any atom is -0.497 e. The summed E-state index contributed by atoms with van der Waals surface area (Å²) in [4.78, 5) is 13.2. The zero-order chi connectivity index (χ0) is 16.0. The van der Waals surface area contributed by atoms with Gasteiger partial charge in [0.1, 0.15) is 11.5 Å². The highest BCUT2D eigenvalue weighted by Gasteiger charge is 2.46. The van der Waals surface area contributed by atoms with Gasteiger partial charge in [-0.05, 0) is 66.6 Å². The van der Waals surface area contributed by atoms with Gasteiger partial charge in [-0.15, -0.1) is 0 Å². The van der Waals surface area contributed by atoms with Crippen LogP contribution in [0.2, 0.25) is 0 Å². The number of hydrogen-bond donors (Lipinski definition) is 0. The third-order valence-electron chi connectivity index (χ3n) is 5.39. The quantitative estimate of drug-likeness (QED) is 0.850. The number of rotatable bonds is 2. The van der Waals surface area contributed by atoms with E-state index >= 15 is 0 Å². The summed E-state index contributed by atoms with van der Waals surface area (Å²) in [5, 5.41) is 0. The number of benzene rings is 2. The second-order valence-corrected chi connectivity index (χ2v) is 6.62. The molecule has 0 aliphatic heterocycles. The molecule has 2 aliphatic carbocycles. The number of carbonyl (C=O) groups excluding carboxylic acids is 1. The molecule has 1 atom stereocenters. The van der Waals surface area contributed by atoms with Crippen molar-refractivity contribution in [3.05, 3.63) is 58.7 Å². The first kappa shape index (κ1) is 14.3. The number of Topliss-reactive ketones (excluding diaryl/α,β-unsaturated/α-hetero) is 1. The van der Waals surface area contributed by atoms with Gasteiger partial charge in [0, 0.05) is 11.0 Å². The average Bonchev–Trinajstić information content (AvgIpc) is 2.96. The van der Waals surface area contributed by atoms with E-state index in [4.69, 9.17) is 9.47 Å². The molecule has 1 spiro atoms.